The minimum atomic E-state index is -4.96. The van der Waals surface area contributed by atoms with Gasteiger partial charge in [-0.05, 0) is 29.7 Å². The second-order valence-corrected chi connectivity index (χ2v) is 6.44. The third-order valence-electron chi connectivity index (χ3n) is 3.86. The molecule has 0 aliphatic rings. The summed E-state index contributed by atoms with van der Waals surface area (Å²) in [5, 5.41) is 2.22. The third-order valence-corrected chi connectivity index (χ3v) is 3.86. The van der Waals surface area contributed by atoms with E-state index in [0.717, 1.165) is 6.26 Å². The minimum absolute atomic E-state index is 0.0164. The largest absolute Gasteiger partial charge is 0.446 e. The lowest BCUT2D eigenvalue weighted by molar-refractivity contribution is -0.143. The molecule has 1 aromatic carbocycles. The van der Waals surface area contributed by atoms with Crippen molar-refractivity contribution < 1.29 is 35.6 Å². The van der Waals surface area contributed by atoms with E-state index in [-0.39, 0.29) is 29.1 Å². The zero-order valence-corrected chi connectivity index (χ0v) is 14.8. The van der Waals surface area contributed by atoms with Gasteiger partial charge >= 0.3 is 12.4 Å². The number of rotatable bonds is 5. The molecule has 0 aliphatic carbocycles. The highest BCUT2D eigenvalue weighted by molar-refractivity contribution is 5.91. The van der Waals surface area contributed by atoms with E-state index in [1.54, 1.807) is 13.8 Å². The van der Waals surface area contributed by atoms with E-state index >= 15 is 0 Å². The third kappa shape index (κ3) is 5.24. The van der Waals surface area contributed by atoms with Crippen LogP contribution in [0, 0.1) is 5.92 Å². The summed E-state index contributed by atoms with van der Waals surface area (Å²) in [4.78, 5) is 16.0. The van der Waals surface area contributed by atoms with Gasteiger partial charge in [0.25, 0.3) is 5.91 Å². The number of carbonyl (C=O) groups is 1. The lowest BCUT2D eigenvalue weighted by Crippen LogP contribution is -2.24. The van der Waals surface area contributed by atoms with Crippen LogP contribution >= 0.6 is 0 Å². The average molecular weight is 409 g/mol. The summed E-state index contributed by atoms with van der Waals surface area (Å²) in [6, 6.07) is 0.527. The molecule has 1 unspecified atom stereocenters. The lowest BCUT2D eigenvalue weighted by Gasteiger charge is -2.14. The Morgan fingerprint density at radius 2 is 1.64 bits per heavy atom. The fourth-order valence-electron chi connectivity index (χ4n) is 2.22. The fourth-order valence-corrected chi connectivity index (χ4v) is 2.22. The number of aromatic nitrogens is 1. The van der Waals surface area contributed by atoms with Crippen LogP contribution in [0.1, 0.15) is 53.0 Å². The number of nitrogens with two attached hydrogens (primary N) is 1. The normalized spacial score (nSPS) is 13.6. The van der Waals surface area contributed by atoms with Gasteiger partial charge < -0.3 is 15.5 Å². The zero-order chi connectivity index (χ0) is 21.3. The smallest absolute Gasteiger partial charge is 0.416 e. The van der Waals surface area contributed by atoms with E-state index in [4.69, 9.17) is 10.2 Å². The van der Waals surface area contributed by atoms with Crippen LogP contribution in [0.25, 0.3) is 0 Å². The Balaban J connectivity index is 2.18. The topological polar surface area (TPSA) is 81.1 Å². The van der Waals surface area contributed by atoms with Gasteiger partial charge in [0.2, 0.25) is 5.89 Å². The van der Waals surface area contributed by atoms with Gasteiger partial charge in [-0.1, -0.05) is 13.8 Å². The maximum absolute atomic E-state index is 12.9. The molecule has 0 saturated heterocycles. The molecule has 11 heteroatoms. The van der Waals surface area contributed by atoms with Gasteiger partial charge in [-0.15, -0.1) is 0 Å². The molecule has 1 amide bonds. The molecule has 0 aliphatic heterocycles. The van der Waals surface area contributed by atoms with Crippen LogP contribution < -0.4 is 11.1 Å². The Morgan fingerprint density at radius 3 is 2.11 bits per heavy atom. The molecule has 1 atom stereocenters. The zero-order valence-electron chi connectivity index (χ0n) is 14.8. The first kappa shape index (κ1) is 21.7. The summed E-state index contributed by atoms with van der Waals surface area (Å²) in [7, 11) is 0. The number of nitrogens with zero attached hydrogens (tertiary/aromatic N) is 1. The molecule has 0 fully saturated rings. The number of alkyl halides is 6. The van der Waals surface area contributed by atoms with Crippen LogP contribution in [0.4, 0.5) is 26.3 Å². The maximum Gasteiger partial charge on any atom is 0.416 e. The first-order chi connectivity index (χ1) is 12.8. The molecular formula is C17H17F6N3O2. The molecule has 1 aromatic heterocycles. The standard InChI is InChI=1S/C17H17F6N3O2/c1-8(2)13(24)15-26-12(7-28-15)14(27)25-6-9-3-10(16(18,19)20)5-11(4-9)17(21,22)23/h3-5,7-8,13H,6,24H2,1-2H3,(H,25,27). The number of benzene rings is 1. The van der Waals surface area contributed by atoms with Gasteiger partial charge in [-0.25, -0.2) is 4.98 Å². The first-order valence-corrected chi connectivity index (χ1v) is 8.06. The van der Waals surface area contributed by atoms with Gasteiger partial charge in [0.15, 0.2) is 5.69 Å². The number of carbonyl (C=O) groups excluding carboxylic acids is 1. The van der Waals surface area contributed by atoms with E-state index in [0.29, 0.717) is 12.1 Å². The Morgan fingerprint density at radius 1 is 1.11 bits per heavy atom. The Labute approximate surface area is 155 Å². The van der Waals surface area contributed by atoms with Gasteiger partial charge in [0.05, 0.1) is 17.2 Å². The van der Waals surface area contributed by atoms with Crippen molar-refractivity contribution in [2.75, 3.05) is 0 Å². The summed E-state index contributed by atoms with van der Waals surface area (Å²) in [5.74, 6) is -0.754. The average Bonchev–Trinajstić information content (AvgIpc) is 3.07. The Bertz CT molecular complexity index is 810. The van der Waals surface area contributed by atoms with Crippen LogP contribution in [-0.4, -0.2) is 10.9 Å². The Hall–Kier alpha value is -2.56. The van der Waals surface area contributed by atoms with Crippen molar-refractivity contribution in [3.8, 4) is 0 Å². The quantitative estimate of drug-likeness (QED) is 0.722. The van der Waals surface area contributed by atoms with E-state index in [1.807, 2.05) is 0 Å². The van der Waals surface area contributed by atoms with Crippen molar-refractivity contribution in [2.45, 2.75) is 38.8 Å². The predicted octanol–water partition coefficient (Wildman–Crippen LogP) is 4.30. The van der Waals surface area contributed by atoms with Crippen molar-refractivity contribution in [2.24, 2.45) is 11.7 Å². The highest BCUT2D eigenvalue weighted by Gasteiger charge is 2.36. The first-order valence-electron chi connectivity index (χ1n) is 8.06. The number of oxazole rings is 1. The van der Waals surface area contributed by atoms with Gasteiger partial charge in [-0.3, -0.25) is 4.79 Å². The van der Waals surface area contributed by atoms with E-state index in [2.05, 4.69) is 10.3 Å². The minimum Gasteiger partial charge on any atom is -0.446 e. The molecule has 1 heterocycles. The summed E-state index contributed by atoms with van der Waals surface area (Å²) in [6.45, 7) is 3.05. The van der Waals surface area contributed by atoms with Crippen molar-refractivity contribution in [1.82, 2.24) is 10.3 Å². The second-order valence-electron chi connectivity index (χ2n) is 6.44. The van der Waals surface area contributed by atoms with E-state index in [1.165, 1.54) is 0 Å². The van der Waals surface area contributed by atoms with E-state index in [9.17, 15) is 31.1 Å². The van der Waals surface area contributed by atoms with Gasteiger partial charge in [0.1, 0.15) is 6.26 Å². The van der Waals surface area contributed by atoms with Gasteiger partial charge in [0, 0.05) is 6.54 Å². The van der Waals surface area contributed by atoms with Crippen LogP contribution in [0.5, 0.6) is 0 Å². The molecule has 5 nitrogen and oxygen atoms in total. The summed E-state index contributed by atoms with van der Waals surface area (Å²) < 4.78 is 82.2. The van der Waals surface area contributed by atoms with Crippen molar-refractivity contribution in [1.29, 1.82) is 0 Å². The van der Waals surface area contributed by atoms with Crippen LogP contribution in [0.15, 0.2) is 28.9 Å². The number of amides is 1. The highest BCUT2D eigenvalue weighted by atomic mass is 19.4. The molecule has 3 N–H and O–H groups in total. The molecule has 0 bridgehead atoms. The molecule has 2 aromatic rings. The fraction of sp³-hybridized carbons (Fsp3) is 0.412. The van der Waals surface area contributed by atoms with Crippen LogP contribution in [0.2, 0.25) is 0 Å². The number of hydrogen-bond donors (Lipinski definition) is 2. The molecular weight excluding hydrogens is 392 g/mol. The maximum atomic E-state index is 12.9. The molecule has 0 spiro atoms. The van der Waals surface area contributed by atoms with Gasteiger partial charge in [-0.2, -0.15) is 26.3 Å². The predicted molar refractivity (Wildman–Crippen MR) is 85.9 cm³/mol. The number of hydrogen-bond acceptors (Lipinski definition) is 4. The van der Waals surface area contributed by atoms with Crippen molar-refractivity contribution in [3.63, 3.8) is 0 Å². The highest BCUT2D eigenvalue weighted by Crippen LogP contribution is 2.36. The molecule has 0 radical (unpaired) electrons. The molecule has 2 rings (SSSR count). The van der Waals surface area contributed by atoms with Crippen LogP contribution in [0.3, 0.4) is 0 Å². The van der Waals surface area contributed by atoms with E-state index < -0.39 is 42.0 Å². The number of halogens is 6. The number of nitrogens with one attached hydrogen (secondary N) is 1. The second kappa shape index (κ2) is 7.82. The monoisotopic (exact) mass is 409 g/mol. The molecule has 154 valence electrons. The molecule has 0 saturated carbocycles. The lowest BCUT2D eigenvalue weighted by atomic mass is 10.0. The summed E-state index contributed by atoms with van der Waals surface area (Å²) in [5.41, 5.74) is 2.36. The molecule has 28 heavy (non-hydrogen) atoms. The Kier molecular flexibility index (Phi) is 6.07. The summed E-state index contributed by atoms with van der Waals surface area (Å²) >= 11 is 0. The van der Waals surface area contributed by atoms with Crippen LogP contribution in [-0.2, 0) is 18.9 Å². The SMILES string of the molecule is CC(C)C(N)c1nc(C(=O)NCc2cc(C(F)(F)F)cc(C(F)(F)F)c2)co1. The van der Waals surface area contributed by atoms with Crippen molar-refractivity contribution in [3.05, 3.63) is 52.7 Å². The van der Waals surface area contributed by atoms with Crippen molar-refractivity contribution >= 4 is 5.91 Å². The summed E-state index contributed by atoms with van der Waals surface area (Å²) in [6.07, 6.45) is -8.91.